The number of nitrogens with one attached hydrogen (secondary N) is 1. The van der Waals surface area contributed by atoms with Gasteiger partial charge in [-0.1, -0.05) is 45.3 Å². The standard InChI is InChI=1S/C15H31N/c1-4-7-11-15(10-6-3)12-9-14-16-13-8-5-2/h10,16H,4-9,11-14H2,1-3H3/b15-10+. The number of allylic oxidation sites excluding steroid dienone is 2. The molecule has 0 radical (unpaired) electrons. The van der Waals surface area contributed by atoms with Crippen molar-refractivity contribution in [1.29, 1.82) is 0 Å². The molecule has 16 heavy (non-hydrogen) atoms. The summed E-state index contributed by atoms with van der Waals surface area (Å²) in [6, 6.07) is 0. The summed E-state index contributed by atoms with van der Waals surface area (Å²) in [5, 5.41) is 3.51. The Kier molecular flexibility index (Phi) is 12.5. The summed E-state index contributed by atoms with van der Waals surface area (Å²) in [5.74, 6) is 0. The lowest BCUT2D eigenvalue weighted by molar-refractivity contribution is 0.608. The van der Waals surface area contributed by atoms with Crippen LogP contribution in [0.25, 0.3) is 0 Å². The molecule has 1 N–H and O–H groups in total. The van der Waals surface area contributed by atoms with Crippen molar-refractivity contribution in [3.63, 3.8) is 0 Å². The first-order chi connectivity index (χ1) is 7.85. The molecule has 0 spiro atoms. The van der Waals surface area contributed by atoms with Gasteiger partial charge in [0.15, 0.2) is 0 Å². The minimum Gasteiger partial charge on any atom is -0.317 e. The molecule has 0 saturated carbocycles. The molecule has 0 fully saturated rings. The average molecular weight is 225 g/mol. The minimum atomic E-state index is 1.19. The van der Waals surface area contributed by atoms with Crippen molar-refractivity contribution in [2.45, 2.75) is 72.1 Å². The highest BCUT2D eigenvalue weighted by molar-refractivity contribution is 5.01. The lowest BCUT2D eigenvalue weighted by atomic mass is 10.0. The maximum atomic E-state index is 3.51. The van der Waals surface area contributed by atoms with Gasteiger partial charge in [0.2, 0.25) is 0 Å². The van der Waals surface area contributed by atoms with E-state index in [1.165, 1.54) is 64.5 Å². The summed E-state index contributed by atoms with van der Waals surface area (Å²) in [7, 11) is 0. The van der Waals surface area contributed by atoms with Crippen LogP contribution in [0.5, 0.6) is 0 Å². The zero-order valence-electron chi connectivity index (χ0n) is 11.6. The zero-order valence-corrected chi connectivity index (χ0v) is 11.6. The summed E-state index contributed by atoms with van der Waals surface area (Å²) >= 11 is 0. The second-order valence-corrected chi connectivity index (χ2v) is 4.58. The van der Waals surface area contributed by atoms with Gasteiger partial charge in [-0.05, 0) is 51.6 Å². The van der Waals surface area contributed by atoms with Crippen molar-refractivity contribution in [2.75, 3.05) is 13.1 Å². The highest BCUT2D eigenvalue weighted by Crippen LogP contribution is 2.14. The molecule has 0 heterocycles. The zero-order chi connectivity index (χ0) is 12.1. The van der Waals surface area contributed by atoms with Crippen LogP contribution >= 0.6 is 0 Å². The fraction of sp³-hybridized carbons (Fsp3) is 0.867. The summed E-state index contributed by atoms with van der Waals surface area (Å²) in [5.41, 5.74) is 1.68. The Balaban J connectivity index is 3.48. The van der Waals surface area contributed by atoms with E-state index in [9.17, 15) is 0 Å². The minimum absolute atomic E-state index is 1.19. The lowest BCUT2D eigenvalue weighted by Crippen LogP contribution is -2.16. The van der Waals surface area contributed by atoms with Gasteiger partial charge in [0.1, 0.15) is 0 Å². The lowest BCUT2D eigenvalue weighted by Gasteiger charge is -2.07. The molecule has 0 amide bonds. The predicted octanol–water partition coefficient (Wildman–Crippen LogP) is 4.68. The first-order valence-corrected chi connectivity index (χ1v) is 7.23. The maximum absolute atomic E-state index is 3.51. The molecule has 0 rings (SSSR count). The van der Waals surface area contributed by atoms with Gasteiger partial charge in [-0.3, -0.25) is 0 Å². The van der Waals surface area contributed by atoms with Gasteiger partial charge >= 0.3 is 0 Å². The molecule has 0 bridgehead atoms. The van der Waals surface area contributed by atoms with Gasteiger partial charge in [0.05, 0.1) is 0 Å². The van der Waals surface area contributed by atoms with E-state index in [1.807, 2.05) is 0 Å². The molecular weight excluding hydrogens is 194 g/mol. The van der Waals surface area contributed by atoms with Crippen LogP contribution in [-0.2, 0) is 0 Å². The highest BCUT2D eigenvalue weighted by atomic mass is 14.8. The molecule has 0 aromatic heterocycles. The fourth-order valence-corrected chi connectivity index (χ4v) is 1.89. The van der Waals surface area contributed by atoms with E-state index in [1.54, 1.807) is 5.57 Å². The largest absolute Gasteiger partial charge is 0.317 e. The van der Waals surface area contributed by atoms with E-state index in [0.717, 1.165) is 0 Å². The van der Waals surface area contributed by atoms with E-state index < -0.39 is 0 Å². The summed E-state index contributed by atoms with van der Waals surface area (Å²) < 4.78 is 0. The summed E-state index contributed by atoms with van der Waals surface area (Å²) in [6.45, 7) is 9.14. The molecule has 0 saturated heterocycles. The van der Waals surface area contributed by atoms with Crippen molar-refractivity contribution >= 4 is 0 Å². The molecule has 1 nitrogen and oxygen atoms in total. The van der Waals surface area contributed by atoms with Crippen LogP contribution < -0.4 is 5.32 Å². The van der Waals surface area contributed by atoms with Crippen LogP contribution in [0.1, 0.15) is 72.1 Å². The van der Waals surface area contributed by atoms with E-state index >= 15 is 0 Å². The molecule has 0 atom stereocenters. The van der Waals surface area contributed by atoms with Crippen LogP contribution in [0.15, 0.2) is 11.6 Å². The number of hydrogen-bond acceptors (Lipinski definition) is 1. The normalized spacial score (nSPS) is 12.1. The molecule has 0 aromatic rings. The Hall–Kier alpha value is -0.300. The second-order valence-electron chi connectivity index (χ2n) is 4.58. The third kappa shape index (κ3) is 10.2. The fourth-order valence-electron chi connectivity index (χ4n) is 1.89. The number of rotatable bonds is 11. The molecule has 0 aromatic carbocycles. The second kappa shape index (κ2) is 12.8. The Morgan fingerprint density at radius 3 is 2.12 bits per heavy atom. The topological polar surface area (TPSA) is 12.0 Å². The smallest absolute Gasteiger partial charge is 0.00459 e. The van der Waals surface area contributed by atoms with E-state index in [4.69, 9.17) is 0 Å². The SMILES string of the molecule is CC/C=C(\CCCC)CCCNCCCC. The van der Waals surface area contributed by atoms with Gasteiger partial charge in [0, 0.05) is 0 Å². The van der Waals surface area contributed by atoms with Gasteiger partial charge in [-0.25, -0.2) is 0 Å². The van der Waals surface area contributed by atoms with E-state index in [-0.39, 0.29) is 0 Å². The van der Waals surface area contributed by atoms with Crippen molar-refractivity contribution in [2.24, 2.45) is 0 Å². The van der Waals surface area contributed by atoms with Gasteiger partial charge in [0.25, 0.3) is 0 Å². The summed E-state index contributed by atoms with van der Waals surface area (Å²) in [4.78, 5) is 0. The molecule has 0 unspecified atom stereocenters. The van der Waals surface area contributed by atoms with Crippen LogP contribution in [0, 0.1) is 0 Å². The Bertz CT molecular complexity index is 161. The summed E-state index contributed by atoms with van der Waals surface area (Å²) in [6.07, 6.45) is 12.8. The van der Waals surface area contributed by atoms with Crippen LogP contribution in [0.3, 0.4) is 0 Å². The quantitative estimate of drug-likeness (QED) is 0.397. The third-order valence-electron chi connectivity index (χ3n) is 2.90. The van der Waals surface area contributed by atoms with Crippen LogP contribution in [-0.4, -0.2) is 13.1 Å². The van der Waals surface area contributed by atoms with Crippen molar-refractivity contribution < 1.29 is 0 Å². The highest BCUT2D eigenvalue weighted by Gasteiger charge is 1.97. The predicted molar refractivity (Wildman–Crippen MR) is 74.9 cm³/mol. The van der Waals surface area contributed by atoms with Crippen molar-refractivity contribution in [1.82, 2.24) is 5.32 Å². The Morgan fingerprint density at radius 1 is 0.875 bits per heavy atom. The van der Waals surface area contributed by atoms with Crippen LogP contribution in [0.2, 0.25) is 0 Å². The average Bonchev–Trinajstić information content (AvgIpc) is 2.30. The van der Waals surface area contributed by atoms with Crippen molar-refractivity contribution in [3.05, 3.63) is 11.6 Å². The first-order valence-electron chi connectivity index (χ1n) is 7.23. The van der Waals surface area contributed by atoms with E-state index in [0.29, 0.717) is 0 Å². The van der Waals surface area contributed by atoms with Crippen molar-refractivity contribution in [3.8, 4) is 0 Å². The van der Waals surface area contributed by atoms with Gasteiger partial charge in [-0.2, -0.15) is 0 Å². The number of hydrogen-bond donors (Lipinski definition) is 1. The first kappa shape index (κ1) is 15.7. The van der Waals surface area contributed by atoms with Gasteiger partial charge < -0.3 is 5.32 Å². The number of unbranched alkanes of at least 4 members (excludes halogenated alkanes) is 2. The molecule has 96 valence electrons. The maximum Gasteiger partial charge on any atom is -0.00459 e. The molecule has 0 aliphatic carbocycles. The molecule has 0 aliphatic rings. The Labute approximate surface area is 103 Å². The monoisotopic (exact) mass is 225 g/mol. The van der Waals surface area contributed by atoms with E-state index in [2.05, 4.69) is 32.2 Å². The van der Waals surface area contributed by atoms with Crippen LogP contribution in [0.4, 0.5) is 0 Å². The molecular formula is C15H31N. The third-order valence-corrected chi connectivity index (χ3v) is 2.90. The van der Waals surface area contributed by atoms with Gasteiger partial charge in [-0.15, -0.1) is 0 Å². The Morgan fingerprint density at radius 2 is 1.50 bits per heavy atom. The molecule has 1 heteroatoms. The molecule has 0 aliphatic heterocycles.